The minimum atomic E-state index is -0.428. The van der Waals surface area contributed by atoms with Crippen LogP contribution in [0.4, 0.5) is 10.5 Å². The fraction of sp³-hybridized carbons (Fsp3) is 0.227. The predicted octanol–water partition coefficient (Wildman–Crippen LogP) is 2.27. The van der Waals surface area contributed by atoms with Crippen LogP contribution < -0.4 is 21.3 Å². The average Bonchev–Trinajstić information content (AvgIpc) is 2.75. The third-order valence-corrected chi connectivity index (χ3v) is 4.03. The van der Waals surface area contributed by atoms with Crippen molar-refractivity contribution in [2.45, 2.75) is 25.9 Å². The van der Waals surface area contributed by atoms with E-state index in [-0.39, 0.29) is 24.5 Å². The molecule has 1 unspecified atom stereocenters. The lowest BCUT2D eigenvalue weighted by atomic mass is 10.2. The number of anilines is 1. The van der Waals surface area contributed by atoms with Crippen LogP contribution in [0, 0.1) is 12.3 Å². The maximum atomic E-state index is 12.3. The van der Waals surface area contributed by atoms with Gasteiger partial charge in [0.1, 0.15) is 0 Å². The normalized spacial score (nSPS) is 10.9. The predicted molar refractivity (Wildman–Crippen MR) is 112 cm³/mol. The third-order valence-electron chi connectivity index (χ3n) is 4.03. The Morgan fingerprint density at radius 2 is 1.79 bits per heavy atom. The van der Waals surface area contributed by atoms with Crippen LogP contribution in [0.2, 0.25) is 0 Å². The number of carbonyl (C=O) groups is 3. The lowest BCUT2D eigenvalue weighted by molar-refractivity contribution is -0.120. The van der Waals surface area contributed by atoms with E-state index in [0.29, 0.717) is 24.2 Å². The number of hydrogen-bond acceptors (Lipinski definition) is 3. The Labute approximate surface area is 170 Å². The molecule has 2 aromatic carbocycles. The van der Waals surface area contributed by atoms with Crippen LogP contribution in [0.15, 0.2) is 54.6 Å². The van der Waals surface area contributed by atoms with E-state index in [2.05, 4.69) is 27.2 Å². The Balaban J connectivity index is 1.84. The van der Waals surface area contributed by atoms with Crippen LogP contribution in [0.5, 0.6) is 0 Å². The molecule has 0 saturated heterocycles. The van der Waals surface area contributed by atoms with Gasteiger partial charge in [-0.25, -0.2) is 4.79 Å². The van der Waals surface area contributed by atoms with Crippen molar-refractivity contribution in [1.29, 1.82) is 0 Å². The lowest BCUT2D eigenvalue weighted by Crippen LogP contribution is -2.41. The van der Waals surface area contributed by atoms with Gasteiger partial charge in [0.25, 0.3) is 5.91 Å². The van der Waals surface area contributed by atoms with Crippen molar-refractivity contribution in [1.82, 2.24) is 16.0 Å². The van der Waals surface area contributed by atoms with E-state index in [1.807, 2.05) is 37.3 Å². The summed E-state index contributed by atoms with van der Waals surface area (Å²) in [6.07, 6.45) is 5.91. The first-order valence-corrected chi connectivity index (χ1v) is 9.24. The maximum Gasteiger partial charge on any atom is 0.319 e. The fourth-order valence-electron chi connectivity index (χ4n) is 2.46. The van der Waals surface area contributed by atoms with E-state index in [9.17, 15) is 14.4 Å². The molecule has 4 N–H and O–H groups in total. The molecule has 150 valence electrons. The van der Waals surface area contributed by atoms with Gasteiger partial charge in [-0.15, -0.1) is 6.42 Å². The van der Waals surface area contributed by atoms with E-state index in [0.717, 1.165) is 5.56 Å². The Kier molecular flexibility index (Phi) is 8.27. The highest BCUT2D eigenvalue weighted by atomic mass is 16.2. The first-order valence-electron chi connectivity index (χ1n) is 9.24. The number of amides is 4. The zero-order valence-corrected chi connectivity index (χ0v) is 16.2. The van der Waals surface area contributed by atoms with Crippen molar-refractivity contribution in [2.24, 2.45) is 0 Å². The van der Waals surface area contributed by atoms with Gasteiger partial charge in [0.2, 0.25) is 5.91 Å². The molecule has 0 saturated carbocycles. The van der Waals surface area contributed by atoms with Crippen molar-refractivity contribution >= 4 is 23.5 Å². The summed E-state index contributed by atoms with van der Waals surface area (Å²) in [5.41, 5.74) is 1.76. The second-order valence-corrected chi connectivity index (χ2v) is 6.25. The highest BCUT2D eigenvalue weighted by Gasteiger charge is 2.11. The summed E-state index contributed by atoms with van der Waals surface area (Å²) < 4.78 is 0. The van der Waals surface area contributed by atoms with Gasteiger partial charge in [0.15, 0.2) is 0 Å². The molecular weight excluding hydrogens is 368 g/mol. The number of carbonyl (C=O) groups excluding carboxylic acids is 3. The van der Waals surface area contributed by atoms with Crippen molar-refractivity contribution < 1.29 is 14.4 Å². The third kappa shape index (κ3) is 7.39. The Hall–Kier alpha value is -3.79. The zero-order chi connectivity index (χ0) is 21.1. The quantitative estimate of drug-likeness (QED) is 0.519. The number of hydrogen-bond donors (Lipinski definition) is 4. The van der Waals surface area contributed by atoms with E-state index >= 15 is 0 Å². The molecule has 4 amide bonds. The summed E-state index contributed by atoms with van der Waals surface area (Å²) in [7, 11) is 0. The minimum Gasteiger partial charge on any atom is -0.343 e. The molecule has 0 aliphatic rings. The summed E-state index contributed by atoms with van der Waals surface area (Å²) >= 11 is 0. The topological polar surface area (TPSA) is 99.3 Å². The standard InChI is InChI=1S/C22H24N4O3/c1-3-18(4-2)25-20(27)15-23-21(28)17-11-8-12-19(13-17)26-22(29)24-14-16-9-6-5-7-10-16/h1,5-13,18H,4,14-15H2,2H3,(H,23,28)(H,25,27)(H2,24,26,29). The van der Waals surface area contributed by atoms with E-state index < -0.39 is 5.91 Å². The zero-order valence-electron chi connectivity index (χ0n) is 16.2. The number of nitrogens with one attached hydrogen (secondary N) is 4. The van der Waals surface area contributed by atoms with Crippen LogP contribution in [0.3, 0.4) is 0 Å². The number of rotatable bonds is 8. The minimum absolute atomic E-state index is 0.188. The molecule has 7 heteroatoms. The summed E-state index contributed by atoms with van der Waals surface area (Å²) in [5, 5.41) is 10.6. The molecule has 0 fully saturated rings. The van der Waals surface area contributed by atoms with Crippen molar-refractivity contribution in [3.63, 3.8) is 0 Å². The Bertz CT molecular complexity index is 890. The monoisotopic (exact) mass is 392 g/mol. The van der Waals surface area contributed by atoms with Crippen LogP contribution in [-0.4, -0.2) is 30.4 Å². The van der Waals surface area contributed by atoms with Crippen molar-refractivity contribution in [3.05, 3.63) is 65.7 Å². The van der Waals surface area contributed by atoms with Gasteiger partial charge >= 0.3 is 6.03 Å². The molecule has 29 heavy (non-hydrogen) atoms. The fourth-order valence-corrected chi connectivity index (χ4v) is 2.46. The van der Waals surface area contributed by atoms with Crippen molar-refractivity contribution in [3.8, 4) is 12.3 Å². The Morgan fingerprint density at radius 3 is 2.48 bits per heavy atom. The summed E-state index contributed by atoms with van der Waals surface area (Å²) in [6, 6.07) is 15.2. The van der Waals surface area contributed by atoms with Gasteiger partial charge in [-0.1, -0.05) is 49.2 Å². The van der Waals surface area contributed by atoms with Gasteiger partial charge in [-0.05, 0) is 30.2 Å². The number of urea groups is 1. The van der Waals surface area contributed by atoms with E-state index in [1.54, 1.807) is 18.2 Å². The van der Waals surface area contributed by atoms with Crippen LogP contribution >= 0.6 is 0 Å². The average molecular weight is 392 g/mol. The first-order chi connectivity index (χ1) is 14.0. The molecule has 0 aromatic heterocycles. The number of benzene rings is 2. The molecule has 0 radical (unpaired) electrons. The Morgan fingerprint density at radius 1 is 1.03 bits per heavy atom. The SMILES string of the molecule is C#CC(CC)NC(=O)CNC(=O)c1cccc(NC(=O)NCc2ccccc2)c1. The molecule has 2 aromatic rings. The first kappa shape index (κ1) is 21.5. The van der Waals surface area contributed by atoms with Crippen LogP contribution in [0.25, 0.3) is 0 Å². The molecule has 0 heterocycles. The molecule has 2 rings (SSSR count). The van der Waals surface area contributed by atoms with Gasteiger partial charge < -0.3 is 21.3 Å². The van der Waals surface area contributed by atoms with Gasteiger partial charge in [-0.3, -0.25) is 9.59 Å². The largest absolute Gasteiger partial charge is 0.343 e. The highest BCUT2D eigenvalue weighted by molar-refractivity contribution is 5.98. The second kappa shape index (κ2) is 11.1. The lowest BCUT2D eigenvalue weighted by Gasteiger charge is -2.12. The maximum absolute atomic E-state index is 12.3. The van der Waals surface area contributed by atoms with Gasteiger partial charge in [-0.2, -0.15) is 0 Å². The molecule has 0 aliphatic carbocycles. The summed E-state index contributed by atoms with van der Waals surface area (Å²) in [4.78, 5) is 36.1. The second-order valence-electron chi connectivity index (χ2n) is 6.25. The van der Waals surface area contributed by atoms with Crippen molar-refractivity contribution in [2.75, 3.05) is 11.9 Å². The van der Waals surface area contributed by atoms with Gasteiger partial charge in [0, 0.05) is 17.8 Å². The van der Waals surface area contributed by atoms with E-state index in [1.165, 1.54) is 6.07 Å². The highest BCUT2D eigenvalue weighted by Crippen LogP contribution is 2.10. The molecule has 0 bridgehead atoms. The van der Waals surface area contributed by atoms with E-state index in [4.69, 9.17) is 6.42 Å². The molecule has 7 nitrogen and oxygen atoms in total. The molecule has 1 atom stereocenters. The smallest absolute Gasteiger partial charge is 0.319 e. The summed E-state index contributed by atoms with van der Waals surface area (Å²) in [6.45, 7) is 2.06. The number of terminal acetylenes is 1. The molecule has 0 spiro atoms. The van der Waals surface area contributed by atoms with Gasteiger partial charge in [0.05, 0.1) is 12.6 Å². The van der Waals surface area contributed by atoms with Crippen LogP contribution in [-0.2, 0) is 11.3 Å². The summed E-state index contributed by atoms with van der Waals surface area (Å²) in [5.74, 6) is 1.67. The molecule has 0 aliphatic heterocycles. The van der Waals surface area contributed by atoms with Crippen LogP contribution in [0.1, 0.15) is 29.3 Å². The molecular formula is C22H24N4O3.